The van der Waals surface area contributed by atoms with E-state index in [0.717, 1.165) is 5.56 Å². The fourth-order valence-electron chi connectivity index (χ4n) is 1.91. The van der Waals surface area contributed by atoms with Gasteiger partial charge < -0.3 is 15.8 Å². The van der Waals surface area contributed by atoms with E-state index in [1.807, 2.05) is 18.2 Å². The van der Waals surface area contributed by atoms with Crippen LogP contribution in [0.3, 0.4) is 0 Å². The average Bonchev–Trinajstić information content (AvgIpc) is 2.58. The first-order valence-corrected chi connectivity index (χ1v) is 5.87. The number of anilines is 2. The van der Waals surface area contributed by atoms with Gasteiger partial charge in [0.25, 0.3) is 0 Å². The minimum Gasteiger partial charge on any atom is -0.491 e. The summed E-state index contributed by atoms with van der Waals surface area (Å²) >= 11 is 0. The third-order valence-electron chi connectivity index (χ3n) is 2.82. The lowest BCUT2D eigenvalue weighted by molar-refractivity contribution is -0.116. The van der Waals surface area contributed by atoms with Crippen LogP contribution in [0.4, 0.5) is 11.5 Å². The van der Waals surface area contributed by atoms with Crippen LogP contribution in [0.1, 0.15) is 6.42 Å². The molecule has 1 aromatic heterocycles. The smallest absolute Gasteiger partial charge is 0.227 e. The van der Waals surface area contributed by atoms with Gasteiger partial charge in [0.1, 0.15) is 17.9 Å². The first-order chi connectivity index (χ1) is 9.22. The Labute approximate surface area is 109 Å². The summed E-state index contributed by atoms with van der Waals surface area (Å²) in [6.45, 7) is 0.388. The third kappa shape index (κ3) is 2.33. The van der Waals surface area contributed by atoms with Crippen molar-refractivity contribution < 1.29 is 9.53 Å². The van der Waals surface area contributed by atoms with Gasteiger partial charge in [-0.3, -0.25) is 4.79 Å². The fourth-order valence-corrected chi connectivity index (χ4v) is 1.91. The Morgan fingerprint density at radius 2 is 2.16 bits per heavy atom. The topological polar surface area (TPSA) is 90.1 Å². The largest absolute Gasteiger partial charge is 0.491 e. The van der Waals surface area contributed by atoms with Crippen molar-refractivity contribution in [2.24, 2.45) is 0 Å². The van der Waals surface area contributed by atoms with Crippen molar-refractivity contribution >= 4 is 17.4 Å². The van der Waals surface area contributed by atoms with Gasteiger partial charge in [0.2, 0.25) is 5.91 Å². The third-order valence-corrected chi connectivity index (χ3v) is 2.82. The van der Waals surface area contributed by atoms with Gasteiger partial charge in [-0.1, -0.05) is 0 Å². The lowest BCUT2D eigenvalue weighted by Crippen LogP contribution is -2.10. The summed E-state index contributed by atoms with van der Waals surface area (Å²) in [7, 11) is 0. The van der Waals surface area contributed by atoms with E-state index in [2.05, 4.69) is 15.3 Å². The molecule has 3 rings (SSSR count). The summed E-state index contributed by atoms with van der Waals surface area (Å²) in [5.74, 6) is 1.01. The average molecular weight is 256 g/mol. The van der Waals surface area contributed by atoms with Crippen LogP contribution in [0.25, 0.3) is 11.3 Å². The van der Waals surface area contributed by atoms with Crippen LogP contribution in [0, 0.1) is 0 Å². The van der Waals surface area contributed by atoms with Crippen LogP contribution in [0.2, 0.25) is 0 Å². The number of nitrogens with one attached hydrogen (secondary N) is 1. The molecule has 0 atom stereocenters. The van der Waals surface area contributed by atoms with E-state index < -0.39 is 0 Å². The molecule has 0 spiro atoms. The van der Waals surface area contributed by atoms with Gasteiger partial charge in [0, 0.05) is 11.6 Å². The van der Waals surface area contributed by atoms with E-state index in [9.17, 15) is 4.79 Å². The fraction of sp³-hybridized carbons (Fsp3) is 0.154. The molecule has 1 aliphatic rings. The van der Waals surface area contributed by atoms with Crippen LogP contribution >= 0.6 is 0 Å². The number of ether oxygens (including phenoxy) is 1. The van der Waals surface area contributed by atoms with Crippen LogP contribution in [0.15, 0.2) is 30.6 Å². The molecule has 0 saturated heterocycles. The highest BCUT2D eigenvalue weighted by Crippen LogP contribution is 2.31. The number of nitrogens with zero attached hydrogens (tertiary/aromatic N) is 2. The van der Waals surface area contributed by atoms with Crippen molar-refractivity contribution in [3.8, 4) is 17.0 Å². The SMILES string of the molecule is Nc1cc(-c2ccc3c(c2)NC(=O)CCO3)ncn1. The molecular weight excluding hydrogens is 244 g/mol. The van der Waals surface area contributed by atoms with Crippen molar-refractivity contribution in [2.75, 3.05) is 17.7 Å². The second kappa shape index (κ2) is 4.56. The molecule has 0 fully saturated rings. The van der Waals surface area contributed by atoms with Gasteiger partial charge >= 0.3 is 0 Å². The second-order valence-corrected chi connectivity index (χ2v) is 4.19. The molecule has 6 nitrogen and oxygen atoms in total. The summed E-state index contributed by atoms with van der Waals surface area (Å²) in [5, 5.41) is 2.81. The van der Waals surface area contributed by atoms with E-state index in [4.69, 9.17) is 10.5 Å². The Morgan fingerprint density at radius 3 is 3.00 bits per heavy atom. The lowest BCUT2D eigenvalue weighted by Gasteiger charge is -2.09. The number of nitrogen functional groups attached to an aromatic ring is 1. The zero-order valence-corrected chi connectivity index (χ0v) is 10.1. The van der Waals surface area contributed by atoms with Crippen molar-refractivity contribution in [1.82, 2.24) is 9.97 Å². The minimum atomic E-state index is -0.0573. The molecule has 0 aliphatic carbocycles. The molecule has 2 aromatic rings. The Balaban J connectivity index is 2.03. The molecule has 96 valence electrons. The molecule has 6 heteroatoms. The Morgan fingerprint density at radius 1 is 1.26 bits per heavy atom. The molecule has 1 aromatic carbocycles. The number of rotatable bonds is 1. The number of carbonyl (C=O) groups excluding carboxylic acids is 1. The van der Waals surface area contributed by atoms with Crippen LogP contribution in [-0.2, 0) is 4.79 Å². The van der Waals surface area contributed by atoms with Gasteiger partial charge in [-0.15, -0.1) is 0 Å². The highest BCUT2D eigenvalue weighted by molar-refractivity contribution is 5.94. The zero-order chi connectivity index (χ0) is 13.2. The summed E-state index contributed by atoms with van der Waals surface area (Å²) in [4.78, 5) is 19.5. The number of amides is 1. The number of benzene rings is 1. The molecule has 1 amide bonds. The maximum atomic E-state index is 11.5. The van der Waals surface area contributed by atoms with Crippen LogP contribution < -0.4 is 15.8 Å². The molecule has 0 unspecified atom stereocenters. The van der Waals surface area contributed by atoms with Gasteiger partial charge in [0.15, 0.2) is 0 Å². The Bertz CT molecular complexity index is 642. The maximum Gasteiger partial charge on any atom is 0.227 e. The highest BCUT2D eigenvalue weighted by Gasteiger charge is 2.14. The summed E-state index contributed by atoms with van der Waals surface area (Å²) in [5.41, 5.74) is 7.83. The first-order valence-electron chi connectivity index (χ1n) is 5.87. The number of nitrogens with two attached hydrogens (primary N) is 1. The molecule has 2 heterocycles. The highest BCUT2D eigenvalue weighted by atomic mass is 16.5. The van der Waals surface area contributed by atoms with E-state index in [-0.39, 0.29) is 5.91 Å². The quantitative estimate of drug-likeness (QED) is 0.805. The molecule has 1 aliphatic heterocycles. The number of hydrogen-bond acceptors (Lipinski definition) is 5. The Kier molecular flexibility index (Phi) is 2.75. The predicted octanol–water partition coefficient (Wildman–Crippen LogP) is 1.45. The molecule has 0 bridgehead atoms. The number of carbonyl (C=O) groups is 1. The zero-order valence-electron chi connectivity index (χ0n) is 10.1. The monoisotopic (exact) mass is 256 g/mol. The summed E-state index contributed by atoms with van der Waals surface area (Å²) in [6, 6.07) is 7.19. The van der Waals surface area contributed by atoms with Gasteiger partial charge in [-0.05, 0) is 18.2 Å². The van der Waals surface area contributed by atoms with Crippen molar-refractivity contribution in [3.05, 3.63) is 30.6 Å². The van der Waals surface area contributed by atoms with E-state index in [0.29, 0.717) is 36.0 Å². The standard InChI is InChI=1S/C13H12N4O2/c14-12-6-9(15-7-16-12)8-1-2-11-10(5-8)17-13(18)3-4-19-11/h1-2,5-7H,3-4H2,(H,17,18)(H2,14,15,16). The van der Waals surface area contributed by atoms with E-state index in [1.54, 1.807) is 6.07 Å². The molecular formula is C13H12N4O2. The number of hydrogen-bond donors (Lipinski definition) is 2. The molecule has 3 N–H and O–H groups in total. The molecule has 0 radical (unpaired) electrons. The van der Waals surface area contributed by atoms with Gasteiger partial charge in [0.05, 0.1) is 24.4 Å². The summed E-state index contributed by atoms with van der Waals surface area (Å²) in [6.07, 6.45) is 1.76. The molecule has 0 saturated carbocycles. The lowest BCUT2D eigenvalue weighted by atomic mass is 10.1. The van der Waals surface area contributed by atoms with E-state index >= 15 is 0 Å². The first kappa shape index (κ1) is 11.5. The van der Waals surface area contributed by atoms with Crippen molar-refractivity contribution in [2.45, 2.75) is 6.42 Å². The number of fused-ring (bicyclic) bond motifs is 1. The minimum absolute atomic E-state index is 0.0573. The van der Waals surface area contributed by atoms with Crippen molar-refractivity contribution in [3.63, 3.8) is 0 Å². The predicted molar refractivity (Wildman–Crippen MR) is 70.6 cm³/mol. The number of aromatic nitrogens is 2. The van der Waals surface area contributed by atoms with Crippen LogP contribution in [-0.4, -0.2) is 22.5 Å². The maximum absolute atomic E-state index is 11.5. The second-order valence-electron chi connectivity index (χ2n) is 4.19. The van der Waals surface area contributed by atoms with Crippen LogP contribution in [0.5, 0.6) is 5.75 Å². The normalized spacial score (nSPS) is 14.0. The van der Waals surface area contributed by atoms with Gasteiger partial charge in [-0.25, -0.2) is 9.97 Å². The van der Waals surface area contributed by atoms with Crippen molar-refractivity contribution in [1.29, 1.82) is 0 Å². The Hall–Kier alpha value is -2.63. The van der Waals surface area contributed by atoms with Gasteiger partial charge in [-0.2, -0.15) is 0 Å². The summed E-state index contributed by atoms with van der Waals surface area (Å²) < 4.78 is 5.49. The molecule has 19 heavy (non-hydrogen) atoms. The van der Waals surface area contributed by atoms with E-state index in [1.165, 1.54) is 6.33 Å².